The highest BCUT2D eigenvalue weighted by atomic mass is 32.2. The normalized spacial score (nSPS) is 15.7. The van der Waals surface area contributed by atoms with Crippen LogP contribution in [-0.4, -0.2) is 48.2 Å². The highest BCUT2D eigenvalue weighted by Gasteiger charge is 2.29. The number of carbonyl (C=O) groups excluding carboxylic acids is 1. The number of fused-ring (bicyclic) bond motifs is 1. The summed E-state index contributed by atoms with van der Waals surface area (Å²) in [4.78, 5) is 19.8. The molecule has 0 bridgehead atoms. The lowest BCUT2D eigenvalue weighted by Gasteiger charge is -2.31. The second kappa shape index (κ2) is 10.5. The third-order valence-corrected chi connectivity index (χ3v) is 8.27. The van der Waals surface area contributed by atoms with Gasteiger partial charge < -0.3 is 16.0 Å². The minimum atomic E-state index is -3.45. The van der Waals surface area contributed by atoms with Gasteiger partial charge in [0.25, 0.3) is 5.91 Å². The predicted molar refractivity (Wildman–Crippen MR) is 128 cm³/mol. The number of hydrogen-bond donors (Lipinski definition) is 3. The number of nitrogens with two attached hydrogens (primary N) is 1. The number of hydrogen-bond acceptors (Lipinski definition) is 5. The van der Waals surface area contributed by atoms with Crippen LogP contribution in [0.5, 0.6) is 0 Å². The number of pyridine rings is 1. The first-order valence-electron chi connectivity index (χ1n) is 11.5. The number of nitrogens with zero attached hydrogens (tertiary/aromatic N) is 2. The molecule has 1 aromatic carbocycles. The molecule has 33 heavy (non-hydrogen) atoms. The molecule has 0 spiro atoms. The Morgan fingerprint density at radius 3 is 2.61 bits per heavy atom. The zero-order valence-corrected chi connectivity index (χ0v) is 19.5. The molecule has 1 amide bonds. The monoisotopic (exact) mass is 469 g/mol. The summed E-state index contributed by atoms with van der Waals surface area (Å²) in [5.41, 5.74) is 7.96. The van der Waals surface area contributed by atoms with E-state index in [-0.39, 0.29) is 5.91 Å². The number of carbonyl (C=O) groups is 1. The minimum Gasteiger partial charge on any atom is -0.351 e. The van der Waals surface area contributed by atoms with E-state index >= 15 is 0 Å². The van der Waals surface area contributed by atoms with Crippen LogP contribution in [0.2, 0.25) is 0 Å². The molecule has 1 aliphatic heterocycles. The van der Waals surface area contributed by atoms with Gasteiger partial charge in [-0.15, -0.1) is 0 Å². The lowest BCUT2D eigenvalue weighted by Crippen LogP contribution is -2.38. The number of amides is 1. The quantitative estimate of drug-likeness (QED) is 0.416. The Kier molecular flexibility index (Phi) is 7.42. The first-order valence-corrected chi connectivity index (χ1v) is 12.9. The lowest BCUT2D eigenvalue weighted by atomic mass is 9.92. The van der Waals surface area contributed by atoms with Crippen LogP contribution in [0.4, 0.5) is 0 Å². The molecule has 1 saturated heterocycles. The summed E-state index contributed by atoms with van der Waals surface area (Å²) < 4.78 is 27.4. The van der Waals surface area contributed by atoms with Gasteiger partial charge in [0.15, 0.2) is 0 Å². The van der Waals surface area contributed by atoms with E-state index in [1.165, 1.54) is 0 Å². The van der Waals surface area contributed by atoms with Crippen LogP contribution < -0.4 is 11.1 Å². The second-order valence-electron chi connectivity index (χ2n) is 8.59. The van der Waals surface area contributed by atoms with Crippen molar-refractivity contribution < 1.29 is 13.2 Å². The second-order valence-corrected chi connectivity index (χ2v) is 10.5. The Hall–Kier alpha value is -2.75. The van der Waals surface area contributed by atoms with Crippen LogP contribution in [0.3, 0.4) is 0 Å². The molecule has 1 aliphatic rings. The zero-order chi connectivity index (χ0) is 23.3. The third kappa shape index (κ3) is 5.61. The Balaban J connectivity index is 1.16. The molecule has 3 heterocycles. The Bertz CT molecular complexity index is 1150. The molecule has 0 atom stereocenters. The van der Waals surface area contributed by atoms with Gasteiger partial charge in [0.1, 0.15) is 5.69 Å². The first-order chi connectivity index (χ1) is 16.0. The Labute approximate surface area is 194 Å². The summed E-state index contributed by atoms with van der Waals surface area (Å²) in [5, 5.41) is 3.88. The van der Waals surface area contributed by atoms with Gasteiger partial charge in [-0.3, -0.25) is 9.78 Å². The highest BCUT2D eigenvalue weighted by molar-refractivity contribution is 7.89. The summed E-state index contributed by atoms with van der Waals surface area (Å²) in [6.07, 6.45) is 8.13. The van der Waals surface area contributed by atoms with Crippen molar-refractivity contribution in [3.8, 4) is 0 Å². The van der Waals surface area contributed by atoms with Gasteiger partial charge in [0, 0.05) is 49.5 Å². The molecule has 4 N–H and O–H groups in total. The molecule has 3 aromatic rings. The molecule has 0 radical (unpaired) electrons. The molecular weight excluding hydrogens is 438 g/mol. The van der Waals surface area contributed by atoms with Crippen molar-refractivity contribution in [2.24, 2.45) is 11.7 Å². The molecule has 0 unspecified atom stereocenters. The van der Waals surface area contributed by atoms with Crippen LogP contribution in [0.1, 0.15) is 48.2 Å². The van der Waals surface area contributed by atoms with E-state index in [0.717, 1.165) is 48.6 Å². The van der Waals surface area contributed by atoms with Gasteiger partial charge in [0.2, 0.25) is 10.0 Å². The van der Waals surface area contributed by atoms with E-state index in [9.17, 15) is 13.2 Å². The standard InChI is InChI=1S/C24H31N5O3S/c25-16-19-4-6-21(7-5-19)33(31,32)29-13-9-18(10-14-29)3-1-2-11-27-24(30)23-15-20-17-26-12-8-22(20)28-23/h4-8,12,15,17-18,28H,1-3,9-11,13-14,16,25H2,(H,27,30). The number of H-pyrrole nitrogens is 1. The largest absolute Gasteiger partial charge is 0.351 e. The van der Waals surface area contributed by atoms with Crippen molar-refractivity contribution in [1.82, 2.24) is 19.6 Å². The molecule has 2 aromatic heterocycles. The van der Waals surface area contributed by atoms with Crippen LogP contribution in [0.15, 0.2) is 53.7 Å². The van der Waals surface area contributed by atoms with Gasteiger partial charge in [-0.1, -0.05) is 25.0 Å². The molecule has 1 fully saturated rings. The van der Waals surface area contributed by atoms with Crippen molar-refractivity contribution in [3.05, 3.63) is 60.0 Å². The molecule has 176 valence electrons. The molecular formula is C24H31N5O3S. The highest BCUT2D eigenvalue weighted by Crippen LogP contribution is 2.27. The van der Waals surface area contributed by atoms with Crippen molar-refractivity contribution >= 4 is 26.8 Å². The number of piperidine rings is 1. The Morgan fingerprint density at radius 1 is 1.15 bits per heavy atom. The Morgan fingerprint density at radius 2 is 1.91 bits per heavy atom. The van der Waals surface area contributed by atoms with Crippen LogP contribution in [0, 0.1) is 5.92 Å². The van der Waals surface area contributed by atoms with E-state index in [4.69, 9.17) is 5.73 Å². The van der Waals surface area contributed by atoms with Crippen molar-refractivity contribution in [3.63, 3.8) is 0 Å². The number of unbranched alkanes of at least 4 members (excludes halogenated alkanes) is 1. The lowest BCUT2D eigenvalue weighted by molar-refractivity contribution is 0.0948. The van der Waals surface area contributed by atoms with E-state index in [1.807, 2.05) is 12.1 Å². The average molecular weight is 470 g/mol. The van der Waals surface area contributed by atoms with Gasteiger partial charge in [-0.25, -0.2) is 8.42 Å². The number of aromatic nitrogens is 2. The number of aromatic amines is 1. The van der Waals surface area contributed by atoms with Crippen molar-refractivity contribution in [2.45, 2.75) is 43.5 Å². The fourth-order valence-electron chi connectivity index (χ4n) is 4.33. The SMILES string of the molecule is NCc1ccc(S(=O)(=O)N2CCC(CCCCNC(=O)c3cc4cnccc4[nH]3)CC2)cc1. The maximum atomic E-state index is 12.9. The molecule has 0 saturated carbocycles. The number of benzene rings is 1. The average Bonchev–Trinajstić information content (AvgIpc) is 3.28. The van der Waals surface area contributed by atoms with Gasteiger partial charge in [-0.05, 0) is 55.0 Å². The summed E-state index contributed by atoms with van der Waals surface area (Å²) in [5.74, 6) is 0.414. The fourth-order valence-corrected chi connectivity index (χ4v) is 5.80. The molecule has 0 aliphatic carbocycles. The maximum absolute atomic E-state index is 12.9. The van der Waals surface area contributed by atoms with Crippen LogP contribution in [0.25, 0.3) is 10.9 Å². The molecule has 4 rings (SSSR count). The smallest absolute Gasteiger partial charge is 0.267 e. The fraction of sp³-hybridized carbons (Fsp3) is 0.417. The number of sulfonamides is 1. The minimum absolute atomic E-state index is 0.107. The van der Waals surface area contributed by atoms with E-state index in [1.54, 1.807) is 41.0 Å². The van der Waals surface area contributed by atoms with E-state index in [2.05, 4.69) is 15.3 Å². The summed E-state index contributed by atoms with van der Waals surface area (Å²) in [7, 11) is -3.45. The van der Waals surface area contributed by atoms with Gasteiger partial charge in [0.05, 0.1) is 4.90 Å². The van der Waals surface area contributed by atoms with Crippen LogP contribution in [-0.2, 0) is 16.6 Å². The zero-order valence-electron chi connectivity index (χ0n) is 18.7. The van der Waals surface area contributed by atoms with E-state index < -0.39 is 10.0 Å². The first kappa shape index (κ1) is 23.4. The third-order valence-electron chi connectivity index (χ3n) is 6.36. The van der Waals surface area contributed by atoms with Gasteiger partial charge in [-0.2, -0.15) is 4.31 Å². The summed E-state index contributed by atoms with van der Waals surface area (Å²) >= 11 is 0. The van der Waals surface area contributed by atoms with Gasteiger partial charge >= 0.3 is 0 Å². The molecule has 9 heteroatoms. The maximum Gasteiger partial charge on any atom is 0.267 e. The summed E-state index contributed by atoms with van der Waals surface area (Å²) in [6.45, 7) is 2.13. The van der Waals surface area contributed by atoms with Crippen molar-refractivity contribution in [2.75, 3.05) is 19.6 Å². The van der Waals surface area contributed by atoms with Crippen molar-refractivity contribution in [1.29, 1.82) is 0 Å². The number of rotatable bonds is 9. The van der Waals surface area contributed by atoms with E-state index in [0.29, 0.717) is 42.7 Å². The molecule has 8 nitrogen and oxygen atoms in total. The number of nitrogens with one attached hydrogen (secondary N) is 2. The topological polar surface area (TPSA) is 121 Å². The van der Waals surface area contributed by atoms with Crippen LogP contribution >= 0.6 is 0 Å². The summed E-state index contributed by atoms with van der Waals surface area (Å²) in [6, 6.07) is 10.5. The predicted octanol–water partition coefficient (Wildman–Crippen LogP) is 3.02.